The summed E-state index contributed by atoms with van der Waals surface area (Å²) < 4.78 is 1.87. The fraction of sp³-hybridized carbons (Fsp3) is 0.636. The van der Waals surface area contributed by atoms with Crippen LogP contribution in [0.15, 0.2) is 12.5 Å². The summed E-state index contributed by atoms with van der Waals surface area (Å²) in [7, 11) is 0. The average Bonchev–Trinajstić information content (AvgIpc) is 2.72. The van der Waals surface area contributed by atoms with Gasteiger partial charge in [0, 0.05) is 25.7 Å². The molecule has 0 radical (unpaired) electrons. The number of carbonyl (C=O) groups is 1. The van der Waals surface area contributed by atoms with Crippen LogP contribution in [-0.4, -0.2) is 33.7 Å². The number of imidazole rings is 1. The molecule has 96 valence electrons. The van der Waals surface area contributed by atoms with Crippen LogP contribution in [0.1, 0.15) is 18.5 Å². The van der Waals surface area contributed by atoms with E-state index in [0.29, 0.717) is 32.5 Å². The summed E-state index contributed by atoms with van der Waals surface area (Å²) >= 11 is 0. The van der Waals surface area contributed by atoms with E-state index in [1.54, 1.807) is 6.33 Å². The summed E-state index contributed by atoms with van der Waals surface area (Å²) in [5.74, 6) is -1.19. The van der Waals surface area contributed by atoms with Crippen LogP contribution in [0.3, 0.4) is 0 Å². The summed E-state index contributed by atoms with van der Waals surface area (Å²) in [5, 5.41) is 9.08. The molecule has 0 spiro atoms. The highest BCUT2D eigenvalue weighted by atomic mass is 16.4. The van der Waals surface area contributed by atoms with Crippen molar-refractivity contribution in [1.29, 1.82) is 0 Å². The van der Waals surface area contributed by atoms with E-state index in [1.165, 1.54) is 0 Å². The van der Waals surface area contributed by atoms with Crippen LogP contribution in [0.2, 0.25) is 0 Å². The van der Waals surface area contributed by atoms with Gasteiger partial charge in [-0.2, -0.15) is 0 Å². The van der Waals surface area contributed by atoms with E-state index < -0.39 is 11.9 Å². The number of aromatic nitrogens is 2. The van der Waals surface area contributed by atoms with Crippen molar-refractivity contribution >= 4 is 5.97 Å². The van der Waals surface area contributed by atoms with Gasteiger partial charge in [-0.25, -0.2) is 4.98 Å². The number of carboxylic acids is 1. The number of carboxylic acid groups (broad SMARTS) is 1. The number of hydrogen-bond acceptors (Lipinski definition) is 4. The van der Waals surface area contributed by atoms with E-state index in [2.05, 4.69) is 4.98 Å². The Morgan fingerprint density at radius 3 is 2.82 bits per heavy atom. The van der Waals surface area contributed by atoms with Gasteiger partial charge in [-0.05, 0) is 19.4 Å². The molecule has 6 nitrogen and oxygen atoms in total. The number of nitrogens with two attached hydrogens (primary N) is 2. The Morgan fingerprint density at radius 1 is 1.47 bits per heavy atom. The zero-order valence-corrected chi connectivity index (χ0v) is 9.88. The van der Waals surface area contributed by atoms with E-state index in [-0.39, 0.29) is 0 Å². The average molecular weight is 240 g/mol. The Hall–Kier alpha value is -1.40. The molecule has 17 heavy (non-hydrogen) atoms. The molecule has 0 aliphatic heterocycles. The molecule has 0 bridgehead atoms. The van der Waals surface area contributed by atoms with Crippen LogP contribution in [0.25, 0.3) is 0 Å². The maximum absolute atomic E-state index is 11.0. The first-order valence-electron chi connectivity index (χ1n) is 5.81. The van der Waals surface area contributed by atoms with Crippen LogP contribution >= 0.6 is 0 Å². The van der Waals surface area contributed by atoms with Gasteiger partial charge < -0.3 is 21.1 Å². The number of rotatable bonds is 8. The minimum absolute atomic E-state index is 0.403. The Bertz CT molecular complexity index is 351. The molecular formula is C11H20N4O2. The molecule has 0 aromatic carbocycles. The van der Waals surface area contributed by atoms with Gasteiger partial charge in [-0.1, -0.05) is 0 Å². The third kappa shape index (κ3) is 4.54. The highest BCUT2D eigenvalue weighted by molar-refractivity contribution is 5.70. The quantitative estimate of drug-likeness (QED) is 0.584. The molecule has 1 aromatic rings. The first-order chi connectivity index (χ1) is 8.17. The van der Waals surface area contributed by atoms with E-state index in [0.717, 1.165) is 12.1 Å². The van der Waals surface area contributed by atoms with Crippen LogP contribution in [0.5, 0.6) is 0 Å². The van der Waals surface area contributed by atoms with Crippen LogP contribution in [-0.2, 0) is 17.8 Å². The van der Waals surface area contributed by atoms with Gasteiger partial charge in [-0.3, -0.25) is 4.79 Å². The third-order valence-electron chi connectivity index (χ3n) is 2.64. The molecule has 1 atom stereocenters. The molecule has 1 rings (SSSR count). The Morgan fingerprint density at radius 2 is 2.24 bits per heavy atom. The summed E-state index contributed by atoms with van der Waals surface area (Å²) in [6.07, 6.45) is 5.30. The first-order valence-corrected chi connectivity index (χ1v) is 5.81. The normalized spacial score (nSPS) is 12.6. The smallest absolute Gasteiger partial charge is 0.306 e. The molecule has 0 unspecified atom stereocenters. The third-order valence-corrected chi connectivity index (χ3v) is 2.64. The zero-order chi connectivity index (χ0) is 12.7. The van der Waals surface area contributed by atoms with Crippen molar-refractivity contribution < 1.29 is 9.90 Å². The van der Waals surface area contributed by atoms with Gasteiger partial charge in [0.25, 0.3) is 0 Å². The number of nitrogens with zero attached hydrogens (tertiary/aromatic N) is 2. The molecule has 0 saturated carbocycles. The van der Waals surface area contributed by atoms with Gasteiger partial charge in [0.05, 0.1) is 17.9 Å². The van der Waals surface area contributed by atoms with E-state index in [4.69, 9.17) is 16.6 Å². The summed E-state index contributed by atoms with van der Waals surface area (Å²) in [5.41, 5.74) is 11.6. The summed E-state index contributed by atoms with van der Waals surface area (Å²) in [6.45, 7) is 1.77. The van der Waals surface area contributed by atoms with Crippen molar-refractivity contribution in [3.8, 4) is 0 Å². The van der Waals surface area contributed by atoms with Crippen LogP contribution in [0, 0.1) is 5.92 Å². The topological polar surface area (TPSA) is 107 Å². The molecule has 0 aliphatic carbocycles. The minimum atomic E-state index is -0.785. The second-order valence-electron chi connectivity index (χ2n) is 4.06. The lowest BCUT2D eigenvalue weighted by Crippen LogP contribution is -2.18. The Balaban J connectivity index is 2.55. The molecule has 1 aromatic heterocycles. The maximum Gasteiger partial charge on any atom is 0.306 e. The molecule has 1 heterocycles. The number of hydrogen-bond donors (Lipinski definition) is 3. The second-order valence-corrected chi connectivity index (χ2v) is 4.06. The first kappa shape index (κ1) is 13.7. The van der Waals surface area contributed by atoms with Crippen molar-refractivity contribution in [2.24, 2.45) is 17.4 Å². The van der Waals surface area contributed by atoms with E-state index in [9.17, 15) is 4.79 Å². The highest BCUT2D eigenvalue weighted by Gasteiger charge is 2.18. The lowest BCUT2D eigenvalue weighted by molar-refractivity contribution is -0.142. The van der Waals surface area contributed by atoms with Gasteiger partial charge in [0.2, 0.25) is 0 Å². The Labute approximate surface area is 101 Å². The number of aliphatic carboxylic acids is 1. The predicted molar refractivity (Wildman–Crippen MR) is 64.4 cm³/mol. The SMILES string of the molecule is NCCC[C@H](Cc1cn(CCN)cn1)C(=O)O. The predicted octanol–water partition coefficient (Wildman–Crippen LogP) is -0.176. The summed E-state index contributed by atoms with van der Waals surface area (Å²) in [4.78, 5) is 15.2. The second kappa shape index (κ2) is 7.03. The molecule has 0 saturated heterocycles. The Kier molecular flexibility index (Phi) is 5.65. The summed E-state index contributed by atoms with van der Waals surface area (Å²) in [6, 6.07) is 0. The zero-order valence-electron chi connectivity index (χ0n) is 9.88. The fourth-order valence-electron chi connectivity index (χ4n) is 1.71. The van der Waals surface area contributed by atoms with Crippen molar-refractivity contribution in [2.75, 3.05) is 13.1 Å². The van der Waals surface area contributed by atoms with Crippen LogP contribution < -0.4 is 11.5 Å². The van der Waals surface area contributed by atoms with Crippen molar-refractivity contribution in [2.45, 2.75) is 25.8 Å². The molecule has 6 heteroatoms. The molecule has 0 amide bonds. The maximum atomic E-state index is 11.0. The largest absolute Gasteiger partial charge is 0.481 e. The molecule has 5 N–H and O–H groups in total. The minimum Gasteiger partial charge on any atom is -0.481 e. The standard InChI is InChI=1S/C11H20N4O2/c12-3-1-2-9(11(16)17)6-10-7-15(5-4-13)8-14-10/h7-9H,1-6,12-13H2,(H,16,17)/t9-/m1/s1. The van der Waals surface area contributed by atoms with Gasteiger partial charge in [0.1, 0.15) is 0 Å². The van der Waals surface area contributed by atoms with Crippen molar-refractivity contribution in [1.82, 2.24) is 9.55 Å². The van der Waals surface area contributed by atoms with Gasteiger partial charge in [0.15, 0.2) is 0 Å². The molecule has 0 aliphatic rings. The van der Waals surface area contributed by atoms with Crippen LogP contribution in [0.4, 0.5) is 0 Å². The monoisotopic (exact) mass is 240 g/mol. The van der Waals surface area contributed by atoms with Crippen molar-refractivity contribution in [3.63, 3.8) is 0 Å². The van der Waals surface area contributed by atoms with Crippen molar-refractivity contribution in [3.05, 3.63) is 18.2 Å². The van der Waals surface area contributed by atoms with E-state index in [1.807, 2.05) is 10.8 Å². The fourth-order valence-corrected chi connectivity index (χ4v) is 1.71. The van der Waals surface area contributed by atoms with Gasteiger partial charge in [-0.15, -0.1) is 0 Å². The molecular weight excluding hydrogens is 220 g/mol. The lowest BCUT2D eigenvalue weighted by atomic mass is 9.98. The highest BCUT2D eigenvalue weighted by Crippen LogP contribution is 2.13. The lowest BCUT2D eigenvalue weighted by Gasteiger charge is -2.09. The van der Waals surface area contributed by atoms with E-state index >= 15 is 0 Å². The van der Waals surface area contributed by atoms with Gasteiger partial charge >= 0.3 is 5.97 Å². The molecule has 0 fully saturated rings.